The number of carbonyl (C=O) groups is 2. The molecule has 2 heterocycles. The van der Waals surface area contributed by atoms with E-state index in [9.17, 15) is 9.59 Å². The molecule has 100 valence electrons. The normalized spacial score (nSPS) is 26.1. The van der Waals surface area contributed by atoms with Crippen molar-refractivity contribution in [2.24, 2.45) is 0 Å². The Kier molecular flexibility index (Phi) is 4.01. The molecule has 1 fully saturated rings. The second kappa shape index (κ2) is 5.52. The van der Waals surface area contributed by atoms with Crippen molar-refractivity contribution in [3.63, 3.8) is 0 Å². The van der Waals surface area contributed by atoms with Crippen LogP contribution in [0.3, 0.4) is 0 Å². The molecule has 2 unspecified atom stereocenters. The van der Waals surface area contributed by atoms with Crippen LogP contribution in [0.4, 0.5) is 0 Å². The van der Waals surface area contributed by atoms with Crippen LogP contribution in [0.1, 0.15) is 39.0 Å². The molecular formula is C13H19NO4. The molecule has 2 aliphatic heterocycles. The lowest BCUT2D eigenvalue weighted by molar-refractivity contribution is -0.147. The van der Waals surface area contributed by atoms with E-state index < -0.39 is 12.0 Å². The van der Waals surface area contributed by atoms with E-state index in [1.54, 1.807) is 13.1 Å². The first kappa shape index (κ1) is 13.1. The molecule has 0 bridgehead atoms. The number of amides is 1. The molecule has 0 radical (unpaired) electrons. The third-order valence-electron chi connectivity index (χ3n) is 3.55. The molecule has 0 aromatic carbocycles. The zero-order chi connectivity index (χ0) is 13.1. The zero-order valence-corrected chi connectivity index (χ0v) is 10.6. The van der Waals surface area contributed by atoms with Crippen LogP contribution in [0.25, 0.3) is 0 Å². The Morgan fingerprint density at radius 2 is 2.39 bits per heavy atom. The summed E-state index contributed by atoms with van der Waals surface area (Å²) in [7, 11) is 0. The highest BCUT2D eigenvalue weighted by atomic mass is 16.5. The van der Waals surface area contributed by atoms with Crippen LogP contribution in [-0.2, 0) is 14.3 Å². The standard InChI is InChI=1S/C13H19NO4/c1-2-10(13(16)17)14-8-9(7-12(14)15)11-5-3-4-6-18-11/h8,10-11H,2-7H2,1H3,(H,16,17). The van der Waals surface area contributed by atoms with E-state index in [4.69, 9.17) is 9.84 Å². The largest absolute Gasteiger partial charge is 0.480 e. The van der Waals surface area contributed by atoms with E-state index in [1.807, 2.05) is 0 Å². The summed E-state index contributed by atoms with van der Waals surface area (Å²) < 4.78 is 5.64. The van der Waals surface area contributed by atoms with Crippen molar-refractivity contribution in [2.45, 2.75) is 51.2 Å². The van der Waals surface area contributed by atoms with E-state index >= 15 is 0 Å². The van der Waals surface area contributed by atoms with E-state index in [2.05, 4.69) is 0 Å². The maximum absolute atomic E-state index is 11.9. The van der Waals surface area contributed by atoms with Gasteiger partial charge in [-0.2, -0.15) is 0 Å². The van der Waals surface area contributed by atoms with Crippen LogP contribution in [-0.4, -0.2) is 40.6 Å². The Morgan fingerprint density at radius 3 is 2.94 bits per heavy atom. The molecule has 1 amide bonds. The van der Waals surface area contributed by atoms with Crippen LogP contribution >= 0.6 is 0 Å². The quantitative estimate of drug-likeness (QED) is 0.825. The predicted molar refractivity (Wildman–Crippen MR) is 64.9 cm³/mol. The summed E-state index contributed by atoms with van der Waals surface area (Å²) in [5.74, 6) is -1.08. The van der Waals surface area contributed by atoms with Gasteiger partial charge in [0.25, 0.3) is 0 Å². The van der Waals surface area contributed by atoms with Gasteiger partial charge in [-0.25, -0.2) is 4.79 Å². The summed E-state index contributed by atoms with van der Waals surface area (Å²) >= 11 is 0. The van der Waals surface area contributed by atoms with Crippen molar-refractivity contribution in [3.8, 4) is 0 Å². The van der Waals surface area contributed by atoms with Crippen molar-refractivity contribution >= 4 is 11.9 Å². The molecule has 2 aliphatic rings. The van der Waals surface area contributed by atoms with Gasteiger partial charge in [0, 0.05) is 12.8 Å². The number of hydrogen-bond acceptors (Lipinski definition) is 3. The molecule has 5 heteroatoms. The second-order valence-electron chi connectivity index (χ2n) is 4.80. The highest BCUT2D eigenvalue weighted by Crippen LogP contribution is 2.28. The molecule has 0 aromatic rings. The highest BCUT2D eigenvalue weighted by molar-refractivity contribution is 5.88. The fourth-order valence-corrected chi connectivity index (χ4v) is 2.55. The Bertz CT molecular complexity index is 371. The number of ether oxygens (including phenoxy) is 1. The lowest BCUT2D eigenvalue weighted by atomic mass is 10.0. The van der Waals surface area contributed by atoms with Gasteiger partial charge in [0.2, 0.25) is 5.91 Å². The van der Waals surface area contributed by atoms with Crippen molar-refractivity contribution in [3.05, 3.63) is 11.8 Å². The fraction of sp³-hybridized carbons (Fsp3) is 0.692. The highest BCUT2D eigenvalue weighted by Gasteiger charge is 2.34. The van der Waals surface area contributed by atoms with Crippen molar-refractivity contribution in [1.82, 2.24) is 4.90 Å². The van der Waals surface area contributed by atoms with Gasteiger partial charge in [0.05, 0.1) is 12.5 Å². The predicted octanol–water partition coefficient (Wildman–Crippen LogP) is 1.53. The summed E-state index contributed by atoms with van der Waals surface area (Å²) in [6.07, 6.45) is 5.50. The molecule has 18 heavy (non-hydrogen) atoms. The number of carboxylic acid groups (broad SMARTS) is 1. The number of aliphatic carboxylic acids is 1. The van der Waals surface area contributed by atoms with Crippen LogP contribution in [0, 0.1) is 0 Å². The van der Waals surface area contributed by atoms with Crippen LogP contribution in [0.15, 0.2) is 11.8 Å². The minimum atomic E-state index is -0.951. The molecule has 2 atom stereocenters. The SMILES string of the molecule is CCC(C(=O)O)N1C=C(C2CCCCO2)CC1=O. The number of hydrogen-bond donors (Lipinski definition) is 1. The molecular weight excluding hydrogens is 234 g/mol. The van der Waals surface area contributed by atoms with Gasteiger partial charge in [-0.1, -0.05) is 6.92 Å². The smallest absolute Gasteiger partial charge is 0.326 e. The van der Waals surface area contributed by atoms with Gasteiger partial charge in [-0.3, -0.25) is 4.79 Å². The first-order valence-corrected chi connectivity index (χ1v) is 6.49. The topological polar surface area (TPSA) is 66.8 Å². The summed E-state index contributed by atoms with van der Waals surface area (Å²) in [5, 5.41) is 9.09. The van der Waals surface area contributed by atoms with E-state index in [0.717, 1.165) is 31.4 Å². The van der Waals surface area contributed by atoms with Gasteiger partial charge >= 0.3 is 5.97 Å². The van der Waals surface area contributed by atoms with Gasteiger partial charge in [-0.05, 0) is 31.3 Å². The third kappa shape index (κ3) is 2.56. The average molecular weight is 253 g/mol. The maximum Gasteiger partial charge on any atom is 0.326 e. The monoisotopic (exact) mass is 253 g/mol. The Balaban J connectivity index is 2.10. The summed E-state index contributed by atoms with van der Waals surface area (Å²) in [5.41, 5.74) is 0.930. The molecule has 0 spiro atoms. The molecule has 0 aromatic heterocycles. The first-order valence-electron chi connectivity index (χ1n) is 6.49. The Labute approximate surface area is 106 Å². The Morgan fingerprint density at radius 1 is 1.61 bits per heavy atom. The Hall–Kier alpha value is -1.36. The van der Waals surface area contributed by atoms with Crippen molar-refractivity contribution < 1.29 is 19.4 Å². The molecule has 5 nitrogen and oxygen atoms in total. The molecule has 2 rings (SSSR count). The lowest BCUT2D eigenvalue weighted by Gasteiger charge is -2.23. The van der Waals surface area contributed by atoms with E-state index in [-0.39, 0.29) is 12.0 Å². The fourth-order valence-electron chi connectivity index (χ4n) is 2.55. The van der Waals surface area contributed by atoms with Crippen LogP contribution in [0.2, 0.25) is 0 Å². The number of carbonyl (C=O) groups excluding carboxylic acids is 1. The molecule has 0 aliphatic carbocycles. The molecule has 1 N–H and O–H groups in total. The second-order valence-corrected chi connectivity index (χ2v) is 4.80. The van der Waals surface area contributed by atoms with E-state index in [1.165, 1.54) is 4.90 Å². The number of rotatable bonds is 4. The van der Waals surface area contributed by atoms with Crippen molar-refractivity contribution in [1.29, 1.82) is 0 Å². The third-order valence-corrected chi connectivity index (χ3v) is 3.55. The van der Waals surface area contributed by atoms with Gasteiger partial charge in [0.15, 0.2) is 0 Å². The average Bonchev–Trinajstić information content (AvgIpc) is 2.73. The molecule has 0 saturated carbocycles. The summed E-state index contributed by atoms with van der Waals surface area (Å²) in [4.78, 5) is 24.3. The number of carboxylic acids is 1. The maximum atomic E-state index is 11.9. The molecule has 1 saturated heterocycles. The summed E-state index contributed by atoms with van der Waals surface area (Å²) in [6, 6.07) is -0.751. The first-order chi connectivity index (χ1) is 8.63. The van der Waals surface area contributed by atoms with Gasteiger partial charge in [-0.15, -0.1) is 0 Å². The minimum Gasteiger partial charge on any atom is -0.480 e. The van der Waals surface area contributed by atoms with Gasteiger partial charge < -0.3 is 14.7 Å². The zero-order valence-electron chi connectivity index (χ0n) is 10.6. The van der Waals surface area contributed by atoms with E-state index in [0.29, 0.717) is 12.8 Å². The van der Waals surface area contributed by atoms with Gasteiger partial charge in [0.1, 0.15) is 6.04 Å². The van der Waals surface area contributed by atoms with Crippen molar-refractivity contribution in [2.75, 3.05) is 6.61 Å². The lowest BCUT2D eigenvalue weighted by Crippen LogP contribution is -2.38. The van der Waals surface area contributed by atoms with Crippen LogP contribution in [0.5, 0.6) is 0 Å². The number of nitrogens with zero attached hydrogens (tertiary/aromatic N) is 1. The minimum absolute atomic E-state index is 0.000925. The summed E-state index contributed by atoms with van der Waals surface area (Å²) in [6.45, 7) is 2.50. The van der Waals surface area contributed by atoms with Crippen LogP contribution < -0.4 is 0 Å².